The third kappa shape index (κ3) is 2.57. The molecule has 0 spiro atoms. The molecule has 0 aliphatic carbocycles. The van der Waals surface area contributed by atoms with Crippen molar-refractivity contribution in [3.63, 3.8) is 0 Å². The maximum absolute atomic E-state index is 6.07. The number of benzene rings is 1. The van der Waals surface area contributed by atoms with Crippen molar-refractivity contribution in [3.05, 3.63) is 28.2 Å². The lowest BCUT2D eigenvalue weighted by Gasteiger charge is -2.21. The Morgan fingerprint density at radius 3 is 2.33 bits per heavy atom. The van der Waals surface area contributed by atoms with Crippen LogP contribution in [0.3, 0.4) is 0 Å². The van der Waals surface area contributed by atoms with Crippen LogP contribution in [-0.4, -0.2) is 18.6 Å². The van der Waals surface area contributed by atoms with Gasteiger partial charge in [0.1, 0.15) is 0 Å². The number of nitrogens with two attached hydrogens (primary N) is 1. The first-order valence-electron chi connectivity index (χ1n) is 4.96. The molecule has 1 unspecified atom stereocenters. The van der Waals surface area contributed by atoms with Crippen LogP contribution in [0, 0.1) is 0 Å². The predicted molar refractivity (Wildman–Crippen MR) is 65.9 cm³/mol. The van der Waals surface area contributed by atoms with E-state index >= 15 is 0 Å². The van der Waals surface area contributed by atoms with Gasteiger partial charge in [-0.05, 0) is 31.5 Å². The van der Waals surface area contributed by atoms with Crippen molar-refractivity contribution in [1.29, 1.82) is 0 Å². The Morgan fingerprint density at radius 2 is 1.87 bits per heavy atom. The molecule has 0 radical (unpaired) electrons. The minimum atomic E-state index is -0.102. The summed E-state index contributed by atoms with van der Waals surface area (Å²) in [6.45, 7) is 3.88. The van der Waals surface area contributed by atoms with E-state index in [0.717, 1.165) is 25.2 Å². The first-order chi connectivity index (χ1) is 6.96. The fourth-order valence-electron chi connectivity index (χ4n) is 1.93. The number of hydrogen-bond donors (Lipinski definition) is 1. The van der Waals surface area contributed by atoms with E-state index in [-0.39, 0.29) is 5.54 Å². The third-order valence-electron chi connectivity index (χ3n) is 2.72. The average Bonchev–Trinajstić information content (AvgIpc) is 2.44. The summed E-state index contributed by atoms with van der Waals surface area (Å²) in [7, 11) is 0. The minimum absolute atomic E-state index is 0.102. The number of anilines is 1. The normalized spacial score (nSPS) is 26.0. The molecule has 2 N–H and O–H groups in total. The van der Waals surface area contributed by atoms with Crippen LogP contribution >= 0.6 is 23.2 Å². The molecular weight excluding hydrogens is 231 g/mol. The van der Waals surface area contributed by atoms with Gasteiger partial charge in [-0.1, -0.05) is 23.2 Å². The van der Waals surface area contributed by atoms with Gasteiger partial charge in [0.15, 0.2) is 0 Å². The monoisotopic (exact) mass is 244 g/mol. The zero-order chi connectivity index (χ0) is 11.1. The van der Waals surface area contributed by atoms with Crippen molar-refractivity contribution >= 4 is 28.9 Å². The second kappa shape index (κ2) is 3.85. The smallest absolute Gasteiger partial charge is 0.0441 e. The van der Waals surface area contributed by atoms with Crippen LogP contribution in [0.4, 0.5) is 5.69 Å². The van der Waals surface area contributed by atoms with Gasteiger partial charge in [-0.2, -0.15) is 0 Å². The highest BCUT2D eigenvalue weighted by Gasteiger charge is 2.29. The Morgan fingerprint density at radius 1 is 1.27 bits per heavy atom. The van der Waals surface area contributed by atoms with Crippen molar-refractivity contribution < 1.29 is 0 Å². The molecule has 1 heterocycles. The molecule has 82 valence electrons. The average molecular weight is 245 g/mol. The summed E-state index contributed by atoms with van der Waals surface area (Å²) in [4.78, 5) is 2.22. The van der Waals surface area contributed by atoms with Crippen LogP contribution < -0.4 is 10.6 Å². The van der Waals surface area contributed by atoms with Crippen molar-refractivity contribution in [2.24, 2.45) is 5.73 Å². The number of nitrogens with zero attached hydrogens (tertiary/aromatic N) is 1. The summed E-state index contributed by atoms with van der Waals surface area (Å²) >= 11 is 11.9. The lowest BCUT2D eigenvalue weighted by Crippen LogP contribution is -2.39. The lowest BCUT2D eigenvalue weighted by molar-refractivity contribution is 0.525. The van der Waals surface area contributed by atoms with Crippen LogP contribution in [0.25, 0.3) is 0 Å². The molecule has 1 aromatic rings. The topological polar surface area (TPSA) is 29.3 Å². The van der Waals surface area contributed by atoms with Crippen LogP contribution in [0.2, 0.25) is 10.0 Å². The van der Waals surface area contributed by atoms with E-state index in [1.54, 1.807) is 6.07 Å². The van der Waals surface area contributed by atoms with E-state index in [9.17, 15) is 0 Å². The zero-order valence-electron chi connectivity index (χ0n) is 8.63. The van der Waals surface area contributed by atoms with Crippen LogP contribution in [-0.2, 0) is 0 Å². The van der Waals surface area contributed by atoms with Crippen molar-refractivity contribution in [2.75, 3.05) is 18.0 Å². The van der Waals surface area contributed by atoms with Gasteiger partial charge in [0.2, 0.25) is 0 Å². The van der Waals surface area contributed by atoms with Crippen molar-refractivity contribution in [3.8, 4) is 0 Å². The Bertz CT molecular complexity index is 357. The fraction of sp³-hybridized carbons (Fsp3) is 0.455. The van der Waals surface area contributed by atoms with E-state index in [1.807, 2.05) is 12.1 Å². The van der Waals surface area contributed by atoms with E-state index < -0.39 is 0 Å². The van der Waals surface area contributed by atoms with Gasteiger partial charge in [-0.25, -0.2) is 0 Å². The largest absolute Gasteiger partial charge is 0.370 e. The second-order valence-electron chi connectivity index (χ2n) is 4.45. The molecule has 2 nitrogen and oxygen atoms in total. The third-order valence-corrected chi connectivity index (χ3v) is 3.15. The Hall–Kier alpha value is -0.440. The fourth-order valence-corrected chi connectivity index (χ4v) is 2.44. The summed E-state index contributed by atoms with van der Waals surface area (Å²) in [5.74, 6) is 0. The molecule has 0 aromatic heterocycles. The van der Waals surface area contributed by atoms with Gasteiger partial charge in [-0.15, -0.1) is 0 Å². The molecule has 1 fully saturated rings. The van der Waals surface area contributed by atoms with Crippen LogP contribution in [0.5, 0.6) is 0 Å². The summed E-state index contributed by atoms with van der Waals surface area (Å²) in [6.07, 6.45) is 0.997. The second-order valence-corrected chi connectivity index (χ2v) is 5.33. The lowest BCUT2D eigenvalue weighted by atomic mass is 10.0. The molecule has 1 aliphatic rings. The molecule has 0 bridgehead atoms. The quantitative estimate of drug-likeness (QED) is 0.824. The zero-order valence-corrected chi connectivity index (χ0v) is 10.1. The molecule has 15 heavy (non-hydrogen) atoms. The molecule has 0 saturated carbocycles. The highest BCUT2D eigenvalue weighted by Crippen LogP contribution is 2.29. The molecule has 1 atom stereocenters. The summed E-state index contributed by atoms with van der Waals surface area (Å²) < 4.78 is 0. The minimum Gasteiger partial charge on any atom is -0.370 e. The van der Waals surface area contributed by atoms with Gasteiger partial charge in [0.05, 0.1) is 0 Å². The van der Waals surface area contributed by atoms with Crippen molar-refractivity contribution in [1.82, 2.24) is 0 Å². The predicted octanol–water partition coefficient (Wildman–Crippen LogP) is 2.92. The van der Waals surface area contributed by atoms with Gasteiger partial charge in [0.25, 0.3) is 0 Å². The summed E-state index contributed by atoms with van der Waals surface area (Å²) in [5, 5.41) is 1.34. The van der Waals surface area contributed by atoms with Crippen LogP contribution in [0.1, 0.15) is 13.3 Å². The first-order valence-corrected chi connectivity index (χ1v) is 5.72. The number of halogens is 2. The van der Waals surface area contributed by atoms with E-state index in [4.69, 9.17) is 28.9 Å². The Balaban J connectivity index is 2.24. The van der Waals surface area contributed by atoms with Gasteiger partial charge in [0, 0.05) is 34.4 Å². The maximum Gasteiger partial charge on any atom is 0.0441 e. The Kier molecular flexibility index (Phi) is 2.84. The maximum atomic E-state index is 6.07. The standard InChI is InChI=1S/C11H14Cl2N2/c1-11(14)2-3-15(7-11)10-5-8(12)4-9(13)6-10/h4-6H,2-3,7,14H2,1H3. The van der Waals surface area contributed by atoms with E-state index in [0.29, 0.717) is 10.0 Å². The number of rotatable bonds is 1. The van der Waals surface area contributed by atoms with E-state index in [2.05, 4.69) is 11.8 Å². The molecule has 1 aliphatic heterocycles. The van der Waals surface area contributed by atoms with Crippen LogP contribution in [0.15, 0.2) is 18.2 Å². The van der Waals surface area contributed by atoms with Crippen molar-refractivity contribution in [2.45, 2.75) is 18.9 Å². The number of hydrogen-bond acceptors (Lipinski definition) is 2. The molecule has 4 heteroatoms. The first kappa shape index (κ1) is 11.1. The van der Waals surface area contributed by atoms with Gasteiger partial charge >= 0.3 is 0 Å². The highest BCUT2D eigenvalue weighted by atomic mass is 35.5. The summed E-state index contributed by atoms with van der Waals surface area (Å²) in [6, 6.07) is 5.59. The molecule has 0 amide bonds. The van der Waals surface area contributed by atoms with Gasteiger partial charge in [-0.3, -0.25) is 0 Å². The highest BCUT2D eigenvalue weighted by molar-refractivity contribution is 6.35. The Labute approximate surface area is 100.0 Å². The molecular formula is C11H14Cl2N2. The summed E-state index contributed by atoms with van der Waals surface area (Å²) in [5.41, 5.74) is 7.03. The van der Waals surface area contributed by atoms with Gasteiger partial charge < -0.3 is 10.6 Å². The molecule has 2 rings (SSSR count). The SMILES string of the molecule is CC1(N)CCN(c2cc(Cl)cc(Cl)c2)C1. The van der Waals surface area contributed by atoms with E-state index in [1.165, 1.54) is 0 Å². The molecule has 1 aromatic carbocycles. The molecule has 1 saturated heterocycles.